The molecule has 3 nitrogen and oxygen atoms in total. The van der Waals surface area contributed by atoms with Crippen molar-refractivity contribution in [2.45, 2.75) is 23.2 Å². The number of aliphatic carboxylic acids is 1. The molecule has 1 aliphatic carbocycles. The zero-order valence-electron chi connectivity index (χ0n) is 8.36. The molecule has 2 rings (SSSR count). The van der Waals surface area contributed by atoms with Crippen LogP contribution >= 0.6 is 11.8 Å². The summed E-state index contributed by atoms with van der Waals surface area (Å²) in [6.07, 6.45) is 3.18. The molecule has 1 aromatic rings. The van der Waals surface area contributed by atoms with Gasteiger partial charge in [-0.15, -0.1) is 11.8 Å². The molecule has 0 spiro atoms. The van der Waals surface area contributed by atoms with Crippen molar-refractivity contribution in [2.75, 3.05) is 6.26 Å². The molecule has 80 valence electrons. The first kappa shape index (κ1) is 10.4. The van der Waals surface area contributed by atoms with E-state index in [1.807, 2.05) is 6.26 Å². The normalized spacial score (nSPS) is 17.4. The molecule has 0 unspecified atom stereocenters. The Morgan fingerprint density at radius 1 is 1.47 bits per heavy atom. The molecule has 0 amide bonds. The molecule has 1 fully saturated rings. The van der Waals surface area contributed by atoms with Gasteiger partial charge in [-0.1, -0.05) is 12.1 Å². The standard InChI is InChI=1S/C11H12O3S/c1-15-9-7(3-2-4-8(9)12)11(5-6-11)10(13)14/h2-4,12H,5-6H2,1H3,(H,13,14). The van der Waals surface area contributed by atoms with Crippen LogP contribution in [0.3, 0.4) is 0 Å². The molecule has 0 saturated heterocycles. The van der Waals surface area contributed by atoms with Gasteiger partial charge in [-0.25, -0.2) is 0 Å². The number of carboxylic acid groups (broad SMARTS) is 1. The summed E-state index contributed by atoms with van der Waals surface area (Å²) >= 11 is 1.39. The van der Waals surface area contributed by atoms with E-state index in [9.17, 15) is 15.0 Å². The highest BCUT2D eigenvalue weighted by Crippen LogP contribution is 2.52. The molecule has 15 heavy (non-hydrogen) atoms. The van der Waals surface area contributed by atoms with Crippen LogP contribution in [-0.2, 0) is 10.2 Å². The number of hydrogen-bond acceptors (Lipinski definition) is 3. The van der Waals surface area contributed by atoms with Crippen molar-refractivity contribution >= 4 is 17.7 Å². The van der Waals surface area contributed by atoms with Gasteiger partial charge in [0.25, 0.3) is 0 Å². The van der Waals surface area contributed by atoms with Crippen LogP contribution in [-0.4, -0.2) is 22.4 Å². The minimum Gasteiger partial charge on any atom is -0.507 e. The van der Waals surface area contributed by atoms with Crippen molar-refractivity contribution in [3.8, 4) is 5.75 Å². The second-order valence-corrected chi connectivity index (χ2v) is 4.56. The number of hydrogen-bond donors (Lipinski definition) is 2. The SMILES string of the molecule is CSc1c(O)cccc1C1(C(=O)O)CC1. The lowest BCUT2D eigenvalue weighted by atomic mass is 9.96. The number of phenolic OH excluding ortho intramolecular Hbond substituents is 1. The fraction of sp³-hybridized carbons (Fsp3) is 0.364. The first-order valence-corrected chi connectivity index (χ1v) is 5.94. The van der Waals surface area contributed by atoms with Crippen LogP contribution in [0, 0.1) is 0 Å². The largest absolute Gasteiger partial charge is 0.507 e. The zero-order chi connectivity index (χ0) is 11.1. The van der Waals surface area contributed by atoms with Crippen LogP contribution in [0.1, 0.15) is 18.4 Å². The second-order valence-electron chi connectivity index (χ2n) is 3.75. The molecule has 4 heteroatoms. The quantitative estimate of drug-likeness (QED) is 0.773. The smallest absolute Gasteiger partial charge is 0.314 e. The monoisotopic (exact) mass is 224 g/mol. The van der Waals surface area contributed by atoms with Crippen molar-refractivity contribution in [1.82, 2.24) is 0 Å². The van der Waals surface area contributed by atoms with Crippen LogP contribution < -0.4 is 0 Å². The molecule has 1 saturated carbocycles. The Morgan fingerprint density at radius 2 is 2.13 bits per heavy atom. The molecule has 0 radical (unpaired) electrons. The van der Waals surface area contributed by atoms with Crippen LogP contribution in [0.25, 0.3) is 0 Å². The lowest BCUT2D eigenvalue weighted by molar-refractivity contribution is -0.140. The zero-order valence-corrected chi connectivity index (χ0v) is 9.17. The minimum atomic E-state index is -0.789. The van der Waals surface area contributed by atoms with Gasteiger partial charge in [-0.2, -0.15) is 0 Å². The minimum absolute atomic E-state index is 0.174. The summed E-state index contributed by atoms with van der Waals surface area (Å²) in [6.45, 7) is 0. The molecular formula is C11H12O3S. The number of rotatable bonds is 3. The third-order valence-corrected chi connectivity index (χ3v) is 3.71. The van der Waals surface area contributed by atoms with Crippen molar-refractivity contribution in [2.24, 2.45) is 0 Å². The number of thioether (sulfide) groups is 1. The van der Waals surface area contributed by atoms with Gasteiger partial charge in [0.1, 0.15) is 5.75 Å². The van der Waals surface area contributed by atoms with E-state index in [0.29, 0.717) is 17.7 Å². The molecular weight excluding hydrogens is 212 g/mol. The van der Waals surface area contributed by atoms with Crippen molar-refractivity contribution < 1.29 is 15.0 Å². The van der Waals surface area contributed by atoms with Crippen LogP contribution in [0.4, 0.5) is 0 Å². The van der Waals surface area contributed by atoms with E-state index >= 15 is 0 Å². The highest BCUT2D eigenvalue weighted by Gasteiger charge is 2.53. The summed E-state index contributed by atoms with van der Waals surface area (Å²) in [5.41, 5.74) is 0.0133. The second kappa shape index (κ2) is 3.45. The lowest BCUT2D eigenvalue weighted by Gasteiger charge is -2.15. The summed E-state index contributed by atoms with van der Waals surface area (Å²) in [5.74, 6) is -0.615. The third-order valence-electron chi connectivity index (χ3n) is 2.87. The predicted molar refractivity (Wildman–Crippen MR) is 58.4 cm³/mol. The summed E-state index contributed by atoms with van der Waals surface area (Å²) in [5, 5.41) is 18.8. The number of phenols is 1. The molecule has 0 aliphatic heterocycles. The van der Waals surface area contributed by atoms with Crippen LogP contribution in [0.2, 0.25) is 0 Å². The van der Waals surface area contributed by atoms with Gasteiger partial charge < -0.3 is 10.2 Å². The number of carboxylic acids is 1. The van der Waals surface area contributed by atoms with E-state index < -0.39 is 11.4 Å². The van der Waals surface area contributed by atoms with Gasteiger partial charge >= 0.3 is 5.97 Å². The van der Waals surface area contributed by atoms with Crippen LogP contribution in [0.15, 0.2) is 23.1 Å². The van der Waals surface area contributed by atoms with Gasteiger partial charge in [0.2, 0.25) is 0 Å². The Balaban J connectivity index is 2.53. The van der Waals surface area contributed by atoms with E-state index in [2.05, 4.69) is 0 Å². The van der Waals surface area contributed by atoms with E-state index in [4.69, 9.17) is 0 Å². The molecule has 1 aromatic carbocycles. The Hall–Kier alpha value is -1.16. The highest BCUT2D eigenvalue weighted by molar-refractivity contribution is 7.98. The molecule has 0 bridgehead atoms. The summed E-state index contributed by atoms with van der Waals surface area (Å²) in [7, 11) is 0. The van der Waals surface area contributed by atoms with E-state index in [1.54, 1.807) is 18.2 Å². The summed E-state index contributed by atoms with van der Waals surface area (Å²) in [4.78, 5) is 11.9. The molecule has 0 aromatic heterocycles. The Kier molecular flexibility index (Phi) is 2.38. The molecule has 1 aliphatic rings. The first-order valence-electron chi connectivity index (χ1n) is 4.71. The summed E-state index contributed by atoms with van der Waals surface area (Å²) in [6, 6.07) is 5.09. The van der Waals surface area contributed by atoms with Gasteiger partial charge in [-0.05, 0) is 30.7 Å². The van der Waals surface area contributed by atoms with Gasteiger partial charge in [0.05, 0.1) is 10.3 Å². The third kappa shape index (κ3) is 1.49. The lowest BCUT2D eigenvalue weighted by Crippen LogP contribution is -2.20. The fourth-order valence-corrected chi connectivity index (χ4v) is 2.60. The Labute approximate surface area is 92.1 Å². The van der Waals surface area contributed by atoms with Crippen molar-refractivity contribution in [1.29, 1.82) is 0 Å². The maximum Gasteiger partial charge on any atom is 0.314 e. The highest BCUT2D eigenvalue weighted by atomic mass is 32.2. The Bertz CT molecular complexity index is 410. The van der Waals surface area contributed by atoms with Crippen LogP contribution in [0.5, 0.6) is 5.75 Å². The average Bonchev–Trinajstić information content (AvgIpc) is 2.98. The van der Waals surface area contributed by atoms with E-state index in [1.165, 1.54) is 11.8 Å². The number of carbonyl (C=O) groups is 1. The van der Waals surface area contributed by atoms with Gasteiger partial charge in [0.15, 0.2) is 0 Å². The number of aromatic hydroxyl groups is 1. The molecule has 0 atom stereocenters. The predicted octanol–water partition coefficient (Wildman–Crippen LogP) is 2.23. The Morgan fingerprint density at radius 3 is 2.60 bits per heavy atom. The topological polar surface area (TPSA) is 57.5 Å². The number of benzene rings is 1. The van der Waals surface area contributed by atoms with Gasteiger partial charge in [-0.3, -0.25) is 4.79 Å². The van der Waals surface area contributed by atoms with Crippen molar-refractivity contribution in [3.63, 3.8) is 0 Å². The molecule has 0 heterocycles. The average molecular weight is 224 g/mol. The first-order chi connectivity index (χ1) is 7.12. The van der Waals surface area contributed by atoms with Crippen molar-refractivity contribution in [3.05, 3.63) is 23.8 Å². The maximum absolute atomic E-state index is 11.2. The molecule has 2 N–H and O–H groups in total. The maximum atomic E-state index is 11.2. The summed E-state index contributed by atoms with van der Waals surface area (Å²) < 4.78 is 0. The van der Waals surface area contributed by atoms with Gasteiger partial charge in [0, 0.05) is 0 Å². The van der Waals surface area contributed by atoms with E-state index in [0.717, 1.165) is 5.56 Å². The van der Waals surface area contributed by atoms with E-state index in [-0.39, 0.29) is 5.75 Å². The fourth-order valence-electron chi connectivity index (χ4n) is 1.84.